The van der Waals surface area contributed by atoms with Gasteiger partial charge < -0.3 is 5.73 Å². The fourth-order valence-electron chi connectivity index (χ4n) is 1.72. The summed E-state index contributed by atoms with van der Waals surface area (Å²) < 4.78 is 0. The average Bonchev–Trinajstić information content (AvgIpc) is 2.26. The molecule has 0 atom stereocenters. The molecule has 0 unspecified atom stereocenters. The molecule has 14 heavy (non-hydrogen) atoms. The van der Waals surface area contributed by atoms with Gasteiger partial charge in [-0.15, -0.1) is 0 Å². The van der Waals surface area contributed by atoms with Gasteiger partial charge in [0.25, 0.3) is 0 Å². The molecule has 0 bridgehead atoms. The summed E-state index contributed by atoms with van der Waals surface area (Å²) in [5, 5.41) is 0. The van der Waals surface area contributed by atoms with E-state index in [4.69, 9.17) is 5.73 Å². The first-order valence-corrected chi connectivity index (χ1v) is 5.58. The van der Waals surface area contributed by atoms with Crippen LogP contribution in [0.25, 0.3) is 0 Å². The molecule has 1 aromatic carbocycles. The number of nitrogens with two attached hydrogens (primary N) is 1. The molecule has 1 rings (SSSR count). The van der Waals surface area contributed by atoms with Crippen LogP contribution in [0.2, 0.25) is 0 Å². The maximum atomic E-state index is 5.55. The van der Waals surface area contributed by atoms with Gasteiger partial charge in [-0.3, -0.25) is 0 Å². The molecule has 0 aliphatic rings. The molecule has 0 heterocycles. The van der Waals surface area contributed by atoms with E-state index in [1.54, 1.807) is 0 Å². The summed E-state index contributed by atoms with van der Waals surface area (Å²) in [6.07, 6.45) is 3.75. The lowest BCUT2D eigenvalue weighted by Gasteiger charge is -2.12. The summed E-state index contributed by atoms with van der Waals surface area (Å²) in [5.41, 5.74) is 8.21. The minimum absolute atomic E-state index is 0.644. The van der Waals surface area contributed by atoms with E-state index in [1.165, 1.54) is 30.4 Å². The maximum Gasteiger partial charge on any atom is 0.0178 e. The monoisotopic (exact) mass is 191 g/mol. The van der Waals surface area contributed by atoms with Crippen molar-refractivity contribution in [3.63, 3.8) is 0 Å². The van der Waals surface area contributed by atoms with Crippen molar-refractivity contribution in [1.29, 1.82) is 0 Å². The van der Waals surface area contributed by atoms with Crippen molar-refractivity contribution in [2.75, 3.05) is 0 Å². The molecule has 0 aliphatic carbocycles. The molecule has 0 spiro atoms. The van der Waals surface area contributed by atoms with Gasteiger partial charge in [0.1, 0.15) is 0 Å². The van der Waals surface area contributed by atoms with Crippen molar-refractivity contribution in [2.24, 2.45) is 11.7 Å². The topological polar surface area (TPSA) is 26.0 Å². The van der Waals surface area contributed by atoms with Crippen molar-refractivity contribution in [2.45, 2.75) is 39.7 Å². The Labute approximate surface area is 87.3 Å². The molecule has 0 aromatic heterocycles. The van der Waals surface area contributed by atoms with E-state index in [2.05, 4.69) is 38.1 Å². The van der Waals surface area contributed by atoms with E-state index in [9.17, 15) is 0 Å². The van der Waals surface area contributed by atoms with Crippen LogP contribution in [0.5, 0.6) is 0 Å². The van der Waals surface area contributed by atoms with Crippen molar-refractivity contribution < 1.29 is 0 Å². The van der Waals surface area contributed by atoms with Gasteiger partial charge in [-0.25, -0.2) is 0 Å². The smallest absolute Gasteiger partial charge is 0.0178 e. The van der Waals surface area contributed by atoms with Gasteiger partial charge in [0.05, 0.1) is 0 Å². The zero-order valence-corrected chi connectivity index (χ0v) is 9.29. The highest BCUT2D eigenvalue weighted by Crippen LogP contribution is 2.15. The molecule has 0 amide bonds. The zero-order chi connectivity index (χ0) is 10.4. The zero-order valence-electron chi connectivity index (χ0n) is 9.29. The summed E-state index contributed by atoms with van der Waals surface area (Å²) in [4.78, 5) is 0. The first kappa shape index (κ1) is 11.3. The number of rotatable bonds is 5. The standard InChI is InChI=1S/C13H21N/c1-3-11(4-2)9-12-5-7-13(10-14)8-6-12/h5-8,11H,3-4,9-10,14H2,1-2H3. The molecular formula is C13H21N. The molecule has 1 heteroatoms. The summed E-state index contributed by atoms with van der Waals surface area (Å²) in [5.74, 6) is 0.832. The van der Waals surface area contributed by atoms with E-state index in [0.717, 1.165) is 5.92 Å². The first-order chi connectivity index (χ1) is 6.80. The summed E-state index contributed by atoms with van der Waals surface area (Å²) in [6, 6.07) is 8.69. The Morgan fingerprint density at radius 2 is 1.50 bits per heavy atom. The summed E-state index contributed by atoms with van der Waals surface area (Å²) in [6.45, 7) is 5.18. The van der Waals surface area contributed by atoms with E-state index in [0.29, 0.717) is 6.54 Å². The molecule has 0 aliphatic heterocycles. The van der Waals surface area contributed by atoms with E-state index in [1.807, 2.05) is 0 Å². The molecule has 0 fully saturated rings. The quantitative estimate of drug-likeness (QED) is 0.760. The third-order valence-corrected chi connectivity index (χ3v) is 2.94. The van der Waals surface area contributed by atoms with Crippen molar-refractivity contribution in [3.05, 3.63) is 35.4 Å². The van der Waals surface area contributed by atoms with Gasteiger partial charge in [0, 0.05) is 6.54 Å². The van der Waals surface area contributed by atoms with Crippen molar-refractivity contribution >= 4 is 0 Å². The molecule has 1 nitrogen and oxygen atoms in total. The van der Waals surface area contributed by atoms with Crippen molar-refractivity contribution in [1.82, 2.24) is 0 Å². The van der Waals surface area contributed by atoms with Crippen molar-refractivity contribution in [3.8, 4) is 0 Å². The Balaban J connectivity index is 2.58. The van der Waals surface area contributed by atoms with Gasteiger partial charge in [-0.1, -0.05) is 51.0 Å². The normalized spacial score (nSPS) is 10.9. The molecule has 0 saturated carbocycles. The first-order valence-electron chi connectivity index (χ1n) is 5.58. The second-order valence-corrected chi connectivity index (χ2v) is 3.91. The minimum atomic E-state index is 0.644. The van der Waals surface area contributed by atoms with Crippen LogP contribution >= 0.6 is 0 Å². The highest BCUT2D eigenvalue weighted by Gasteiger charge is 2.04. The van der Waals surface area contributed by atoms with E-state index in [-0.39, 0.29) is 0 Å². The van der Waals surface area contributed by atoms with Crippen LogP contribution in [0.1, 0.15) is 37.8 Å². The lowest BCUT2D eigenvalue weighted by molar-refractivity contribution is 0.490. The largest absolute Gasteiger partial charge is 0.326 e. The fourth-order valence-corrected chi connectivity index (χ4v) is 1.72. The predicted octanol–water partition coefficient (Wildman–Crippen LogP) is 3.12. The second-order valence-electron chi connectivity index (χ2n) is 3.91. The Kier molecular flexibility index (Phi) is 4.68. The summed E-state index contributed by atoms with van der Waals surface area (Å²) >= 11 is 0. The third-order valence-electron chi connectivity index (χ3n) is 2.94. The van der Waals surface area contributed by atoms with Crippen LogP contribution in [-0.2, 0) is 13.0 Å². The fraction of sp³-hybridized carbons (Fsp3) is 0.538. The van der Waals surface area contributed by atoms with Gasteiger partial charge >= 0.3 is 0 Å². The second kappa shape index (κ2) is 5.82. The lowest BCUT2D eigenvalue weighted by atomic mass is 9.94. The van der Waals surface area contributed by atoms with Gasteiger partial charge in [0.15, 0.2) is 0 Å². The van der Waals surface area contributed by atoms with Crippen LogP contribution in [0, 0.1) is 5.92 Å². The van der Waals surface area contributed by atoms with E-state index < -0.39 is 0 Å². The average molecular weight is 191 g/mol. The number of benzene rings is 1. The SMILES string of the molecule is CCC(CC)Cc1ccc(CN)cc1. The van der Waals surface area contributed by atoms with Gasteiger partial charge in [-0.05, 0) is 23.5 Å². The maximum absolute atomic E-state index is 5.55. The summed E-state index contributed by atoms with van der Waals surface area (Å²) in [7, 11) is 0. The number of hydrogen-bond acceptors (Lipinski definition) is 1. The molecule has 0 radical (unpaired) electrons. The number of hydrogen-bond donors (Lipinski definition) is 1. The van der Waals surface area contributed by atoms with Crippen LogP contribution in [0.15, 0.2) is 24.3 Å². The predicted molar refractivity (Wildman–Crippen MR) is 62.1 cm³/mol. The highest BCUT2D eigenvalue weighted by molar-refractivity contribution is 5.22. The minimum Gasteiger partial charge on any atom is -0.326 e. The molecule has 78 valence electrons. The Morgan fingerprint density at radius 3 is 1.93 bits per heavy atom. The molecule has 0 saturated heterocycles. The van der Waals surface area contributed by atoms with Crippen LogP contribution in [0.4, 0.5) is 0 Å². The Hall–Kier alpha value is -0.820. The Morgan fingerprint density at radius 1 is 1.00 bits per heavy atom. The van der Waals surface area contributed by atoms with E-state index >= 15 is 0 Å². The van der Waals surface area contributed by atoms with Crippen LogP contribution in [-0.4, -0.2) is 0 Å². The van der Waals surface area contributed by atoms with Gasteiger partial charge in [0.2, 0.25) is 0 Å². The van der Waals surface area contributed by atoms with Crippen LogP contribution < -0.4 is 5.73 Å². The molecular weight excluding hydrogens is 170 g/mol. The molecule has 1 aromatic rings. The highest BCUT2D eigenvalue weighted by atomic mass is 14.5. The molecule has 2 N–H and O–H groups in total. The Bertz CT molecular complexity index is 246. The van der Waals surface area contributed by atoms with Crippen LogP contribution in [0.3, 0.4) is 0 Å². The lowest BCUT2D eigenvalue weighted by Crippen LogP contribution is -2.02. The third kappa shape index (κ3) is 3.15. The van der Waals surface area contributed by atoms with Gasteiger partial charge in [-0.2, -0.15) is 0 Å².